The van der Waals surface area contributed by atoms with Crippen LogP contribution in [0.1, 0.15) is 24.5 Å². The summed E-state index contributed by atoms with van der Waals surface area (Å²) in [6.07, 6.45) is 0.870. The zero-order valence-electron chi connectivity index (χ0n) is 25.3. The highest BCUT2D eigenvalue weighted by Gasteiger charge is 2.33. The van der Waals surface area contributed by atoms with Crippen molar-refractivity contribution in [1.29, 1.82) is 0 Å². The largest absolute Gasteiger partial charge is 0.504 e. The van der Waals surface area contributed by atoms with Crippen LogP contribution >= 0.6 is 0 Å². The van der Waals surface area contributed by atoms with E-state index in [0.717, 1.165) is 5.56 Å². The Hall–Kier alpha value is -4.00. The molecular weight excluding hydrogens is 568 g/mol. The van der Waals surface area contributed by atoms with E-state index in [9.17, 15) is 24.3 Å². The number of methoxy groups -OCH3 is 1. The first kappa shape index (κ1) is 32.9. The van der Waals surface area contributed by atoms with E-state index in [0.29, 0.717) is 51.5 Å². The number of Topliss-reactive ketones (excluding diaryl/α,β-unsaturated/α-hetero) is 1. The van der Waals surface area contributed by atoms with Crippen molar-refractivity contribution in [3.8, 4) is 11.5 Å². The molecule has 238 valence electrons. The Morgan fingerprint density at radius 2 is 1.61 bits per heavy atom. The fourth-order valence-corrected chi connectivity index (χ4v) is 5.31. The SMILES string of the molecule is COc1ccc(C[C@H](NC(=O)[C@H](C)NC(=O)CN2CCOCC2)C(=O)N[C@@H](Cc2ccccc2)C(=O)C2CCOC2)cc1O. The molecule has 2 fully saturated rings. The van der Waals surface area contributed by atoms with Crippen LogP contribution in [-0.2, 0) is 41.5 Å². The highest BCUT2D eigenvalue weighted by atomic mass is 16.5. The van der Waals surface area contributed by atoms with Crippen LogP contribution in [0.4, 0.5) is 0 Å². The van der Waals surface area contributed by atoms with Gasteiger partial charge in [-0.2, -0.15) is 0 Å². The molecular formula is C32H42N4O8. The molecule has 4 rings (SSSR count). The van der Waals surface area contributed by atoms with Gasteiger partial charge >= 0.3 is 0 Å². The fraction of sp³-hybridized carbons (Fsp3) is 0.500. The average Bonchev–Trinajstić information content (AvgIpc) is 3.56. The number of aromatic hydroxyl groups is 1. The molecule has 2 aromatic rings. The van der Waals surface area contributed by atoms with Crippen molar-refractivity contribution in [3.63, 3.8) is 0 Å². The molecule has 2 saturated heterocycles. The number of benzene rings is 2. The lowest BCUT2D eigenvalue weighted by Gasteiger charge is -2.27. The number of rotatable bonds is 14. The number of nitrogens with zero attached hydrogens (tertiary/aromatic N) is 1. The topological polar surface area (TPSA) is 156 Å². The molecule has 0 bridgehead atoms. The summed E-state index contributed by atoms with van der Waals surface area (Å²) < 4.78 is 15.9. The highest BCUT2D eigenvalue weighted by Crippen LogP contribution is 2.27. The van der Waals surface area contributed by atoms with E-state index in [1.165, 1.54) is 13.2 Å². The number of phenols is 1. The number of phenolic OH excluding ortho intramolecular Hbond substituents is 1. The van der Waals surface area contributed by atoms with Gasteiger partial charge < -0.3 is 35.3 Å². The molecule has 2 heterocycles. The van der Waals surface area contributed by atoms with Crippen molar-refractivity contribution < 1.29 is 38.5 Å². The number of morpholine rings is 1. The summed E-state index contributed by atoms with van der Waals surface area (Å²) in [4.78, 5) is 55.1. The molecule has 12 heteroatoms. The first-order valence-corrected chi connectivity index (χ1v) is 14.9. The Labute approximate surface area is 257 Å². The van der Waals surface area contributed by atoms with Crippen LogP contribution in [0.15, 0.2) is 48.5 Å². The van der Waals surface area contributed by atoms with Crippen LogP contribution in [0.2, 0.25) is 0 Å². The number of ether oxygens (including phenoxy) is 3. The van der Waals surface area contributed by atoms with Crippen molar-refractivity contribution in [2.75, 3.05) is 53.2 Å². The first-order chi connectivity index (χ1) is 21.2. The van der Waals surface area contributed by atoms with Crippen molar-refractivity contribution >= 4 is 23.5 Å². The third-order valence-electron chi connectivity index (χ3n) is 7.83. The number of ketones is 1. The number of nitrogens with one attached hydrogen (secondary N) is 3. The van der Waals surface area contributed by atoms with Gasteiger partial charge in [0.15, 0.2) is 17.3 Å². The Balaban J connectivity index is 1.49. The number of carbonyl (C=O) groups is 4. The zero-order valence-corrected chi connectivity index (χ0v) is 25.3. The van der Waals surface area contributed by atoms with E-state index < -0.39 is 29.9 Å². The summed E-state index contributed by atoms with van der Waals surface area (Å²) in [6, 6.07) is 11.2. The molecule has 3 amide bonds. The molecule has 2 aliphatic rings. The van der Waals surface area contributed by atoms with E-state index in [-0.39, 0.29) is 48.5 Å². The molecule has 4 N–H and O–H groups in total. The molecule has 44 heavy (non-hydrogen) atoms. The smallest absolute Gasteiger partial charge is 0.243 e. The normalized spacial score (nSPS) is 18.9. The van der Waals surface area contributed by atoms with Gasteiger partial charge in [0.25, 0.3) is 0 Å². The van der Waals surface area contributed by atoms with E-state index in [1.54, 1.807) is 19.1 Å². The summed E-state index contributed by atoms with van der Waals surface area (Å²) in [5, 5.41) is 18.7. The molecule has 1 unspecified atom stereocenters. The lowest BCUT2D eigenvalue weighted by molar-refractivity contribution is -0.134. The van der Waals surface area contributed by atoms with Crippen molar-refractivity contribution in [2.45, 2.75) is 44.3 Å². The summed E-state index contributed by atoms with van der Waals surface area (Å²) in [5.74, 6) is -1.75. The summed E-state index contributed by atoms with van der Waals surface area (Å²) in [6.45, 7) is 4.80. The average molecular weight is 611 g/mol. The molecule has 0 saturated carbocycles. The second kappa shape index (κ2) is 16.2. The Bertz CT molecular complexity index is 1280. The van der Waals surface area contributed by atoms with Crippen LogP contribution in [0.3, 0.4) is 0 Å². The van der Waals surface area contributed by atoms with Gasteiger partial charge in [-0.25, -0.2) is 0 Å². The van der Waals surface area contributed by atoms with Gasteiger partial charge in [-0.1, -0.05) is 36.4 Å². The number of carbonyl (C=O) groups excluding carboxylic acids is 4. The van der Waals surface area contributed by atoms with Gasteiger partial charge in [0.05, 0.1) is 39.5 Å². The quantitative estimate of drug-likeness (QED) is 0.241. The maximum Gasteiger partial charge on any atom is 0.243 e. The second-order valence-corrected chi connectivity index (χ2v) is 11.2. The number of amides is 3. The van der Waals surface area contributed by atoms with Crippen molar-refractivity contribution in [2.24, 2.45) is 5.92 Å². The molecule has 0 spiro atoms. The minimum atomic E-state index is -1.11. The number of hydrogen-bond donors (Lipinski definition) is 4. The monoisotopic (exact) mass is 610 g/mol. The predicted molar refractivity (Wildman–Crippen MR) is 161 cm³/mol. The minimum Gasteiger partial charge on any atom is -0.504 e. The van der Waals surface area contributed by atoms with Gasteiger partial charge in [-0.3, -0.25) is 24.1 Å². The highest BCUT2D eigenvalue weighted by molar-refractivity contribution is 5.95. The third-order valence-corrected chi connectivity index (χ3v) is 7.83. The first-order valence-electron chi connectivity index (χ1n) is 14.9. The standard InChI is InChI=1S/C32H42N4O8/c1-21(33-29(38)19-36-11-14-43-15-12-36)31(40)35-26(17-23-8-9-28(42-2)27(37)18-23)32(41)34-25(16-22-6-4-3-5-7-22)30(39)24-10-13-44-20-24/h3-9,18,21,24-26,37H,10-17,19-20H2,1-2H3,(H,33,38)(H,34,41)(H,35,40)/t21-,24?,25-,26-/m0/s1. The Morgan fingerprint density at radius 3 is 2.27 bits per heavy atom. The summed E-state index contributed by atoms with van der Waals surface area (Å²) in [5.41, 5.74) is 1.44. The number of hydrogen-bond acceptors (Lipinski definition) is 9. The molecule has 4 atom stereocenters. The lowest BCUT2D eigenvalue weighted by atomic mass is 9.92. The molecule has 12 nitrogen and oxygen atoms in total. The predicted octanol–water partition coefficient (Wildman–Crippen LogP) is 0.598. The minimum absolute atomic E-state index is 0.0162. The van der Waals surface area contributed by atoms with Gasteiger partial charge in [0, 0.05) is 32.0 Å². The molecule has 2 aromatic carbocycles. The van der Waals surface area contributed by atoms with Crippen LogP contribution in [-0.4, -0.2) is 105 Å². The van der Waals surface area contributed by atoms with Gasteiger partial charge in [0.1, 0.15) is 12.1 Å². The second-order valence-electron chi connectivity index (χ2n) is 11.2. The summed E-state index contributed by atoms with van der Waals surface area (Å²) >= 11 is 0. The lowest BCUT2D eigenvalue weighted by Crippen LogP contribution is -2.57. The maximum atomic E-state index is 13.8. The summed E-state index contributed by atoms with van der Waals surface area (Å²) in [7, 11) is 1.43. The molecule has 2 aliphatic heterocycles. The Morgan fingerprint density at radius 1 is 0.909 bits per heavy atom. The van der Waals surface area contributed by atoms with Crippen LogP contribution in [0.25, 0.3) is 0 Å². The molecule has 0 aliphatic carbocycles. The van der Waals surface area contributed by atoms with Gasteiger partial charge in [-0.05, 0) is 43.0 Å². The van der Waals surface area contributed by atoms with Crippen LogP contribution < -0.4 is 20.7 Å². The fourth-order valence-electron chi connectivity index (χ4n) is 5.31. The van der Waals surface area contributed by atoms with E-state index >= 15 is 0 Å². The molecule has 0 aromatic heterocycles. The van der Waals surface area contributed by atoms with Crippen molar-refractivity contribution in [3.05, 3.63) is 59.7 Å². The van der Waals surface area contributed by atoms with Crippen LogP contribution in [0.5, 0.6) is 11.5 Å². The maximum absolute atomic E-state index is 13.8. The van der Waals surface area contributed by atoms with Crippen molar-refractivity contribution in [1.82, 2.24) is 20.9 Å². The van der Waals surface area contributed by atoms with Crippen LogP contribution in [0, 0.1) is 5.92 Å². The zero-order chi connectivity index (χ0) is 31.5. The third kappa shape index (κ3) is 9.50. The van der Waals surface area contributed by atoms with E-state index in [1.807, 2.05) is 35.2 Å². The molecule has 0 radical (unpaired) electrons. The van der Waals surface area contributed by atoms with E-state index in [2.05, 4.69) is 16.0 Å². The van der Waals surface area contributed by atoms with Gasteiger partial charge in [0.2, 0.25) is 17.7 Å². The van der Waals surface area contributed by atoms with Gasteiger partial charge in [-0.15, -0.1) is 0 Å². The Kier molecular flexibility index (Phi) is 12.1. The van der Waals surface area contributed by atoms with E-state index in [4.69, 9.17) is 14.2 Å².